The predicted molar refractivity (Wildman–Crippen MR) is 83.9 cm³/mol. The Balaban J connectivity index is 1.93. The van der Waals surface area contributed by atoms with E-state index in [0.29, 0.717) is 25.2 Å². The number of carboxylic acids is 1. The number of hydrogen-bond acceptors (Lipinski definition) is 5. The van der Waals surface area contributed by atoms with Gasteiger partial charge in [-0.25, -0.2) is 4.79 Å². The number of aliphatic carboxylic acids is 1. The van der Waals surface area contributed by atoms with E-state index in [0.717, 1.165) is 11.8 Å². The predicted octanol–water partition coefficient (Wildman–Crippen LogP) is 0.787. The van der Waals surface area contributed by atoms with E-state index < -0.39 is 12.0 Å². The van der Waals surface area contributed by atoms with Crippen LogP contribution in [0, 0.1) is 0 Å². The topological polar surface area (TPSA) is 77.9 Å². The molecule has 2 rings (SSSR count). The molecule has 0 aliphatic carbocycles. The monoisotopic (exact) mass is 322 g/mol. The van der Waals surface area contributed by atoms with Crippen molar-refractivity contribution in [2.45, 2.75) is 6.04 Å². The lowest BCUT2D eigenvalue weighted by Crippen LogP contribution is -2.57. The summed E-state index contributed by atoms with van der Waals surface area (Å²) in [5.41, 5.74) is 0.536. The maximum Gasteiger partial charge on any atom is 0.327 e. The lowest BCUT2D eigenvalue weighted by atomic mass is 10.2. The van der Waals surface area contributed by atoms with Gasteiger partial charge < -0.3 is 14.9 Å². The summed E-state index contributed by atoms with van der Waals surface area (Å²) >= 11 is 0.909. The van der Waals surface area contributed by atoms with Crippen molar-refractivity contribution in [2.75, 3.05) is 32.4 Å². The van der Waals surface area contributed by atoms with Gasteiger partial charge in [-0.1, -0.05) is 42.1 Å². The average molecular weight is 322 g/mol. The van der Waals surface area contributed by atoms with Crippen molar-refractivity contribution in [3.63, 3.8) is 0 Å². The number of rotatable bonds is 4. The highest BCUT2D eigenvalue weighted by atomic mass is 32.2. The number of amides is 1. The smallest absolute Gasteiger partial charge is 0.327 e. The van der Waals surface area contributed by atoms with E-state index in [4.69, 9.17) is 0 Å². The molecule has 7 heteroatoms. The third-order valence-electron chi connectivity index (χ3n) is 3.53. The van der Waals surface area contributed by atoms with E-state index >= 15 is 0 Å². The van der Waals surface area contributed by atoms with Gasteiger partial charge in [-0.2, -0.15) is 0 Å². The van der Waals surface area contributed by atoms with Crippen molar-refractivity contribution >= 4 is 28.8 Å². The van der Waals surface area contributed by atoms with E-state index in [1.165, 1.54) is 4.90 Å². The van der Waals surface area contributed by atoms with Crippen LogP contribution in [0.25, 0.3) is 0 Å². The van der Waals surface area contributed by atoms with Crippen LogP contribution in [-0.2, 0) is 9.59 Å². The Kier molecular flexibility index (Phi) is 5.57. The number of carboxylic acid groups (broad SMARTS) is 1. The first-order valence-electron chi connectivity index (χ1n) is 6.92. The van der Waals surface area contributed by atoms with Crippen LogP contribution >= 0.6 is 11.8 Å². The third-order valence-corrected chi connectivity index (χ3v) is 4.41. The molecular weight excluding hydrogens is 304 g/mol. The molecule has 1 N–H and O–H groups in total. The number of piperazine rings is 1. The summed E-state index contributed by atoms with van der Waals surface area (Å²) in [7, 11) is 1.82. The van der Waals surface area contributed by atoms with Crippen LogP contribution in [0.3, 0.4) is 0 Å². The molecule has 0 spiro atoms. The molecule has 118 valence electrons. The van der Waals surface area contributed by atoms with Crippen LogP contribution in [0.2, 0.25) is 0 Å². The lowest BCUT2D eigenvalue weighted by Gasteiger charge is -2.37. The largest absolute Gasteiger partial charge is 0.480 e. The van der Waals surface area contributed by atoms with Gasteiger partial charge in [0.25, 0.3) is 0 Å². The van der Waals surface area contributed by atoms with Crippen LogP contribution in [-0.4, -0.2) is 70.4 Å². The van der Waals surface area contributed by atoms with Crippen LogP contribution in [0.1, 0.15) is 10.4 Å². The standard InChI is InChI=1S/C15H18N2O4S/c1-16-7-8-17(12(9-16)14(19)20)13(18)10-22-15(21)11-5-3-2-4-6-11/h2-6,12H,7-10H2,1H3,(H,19,20). The van der Waals surface area contributed by atoms with Gasteiger partial charge in [-0.3, -0.25) is 9.59 Å². The van der Waals surface area contributed by atoms with Crippen molar-refractivity contribution in [2.24, 2.45) is 0 Å². The molecule has 1 atom stereocenters. The second-order valence-electron chi connectivity index (χ2n) is 5.15. The molecule has 0 radical (unpaired) electrons. The quantitative estimate of drug-likeness (QED) is 0.883. The number of likely N-dealkylation sites (N-methyl/N-ethyl adjacent to an activating group) is 1. The molecule has 0 bridgehead atoms. The van der Waals surface area contributed by atoms with E-state index in [9.17, 15) is 19.5 Å². The van der Waals surface area contributed by atoms with E-state index in [-0.39, 0.29) is 16.8 Å². The number of carbonyl (C=O) groups is 3. The van der Waals surface area contributed by atoms with E-state index in [1.807, 2.05) is 18.0 Å². The summed E-state index contributed by atoms with van der Waals surface area (Å²) < 4.78 is 0. The maximum atomic E-state index is 12.2. The fraction of sp³-hybridized carbons (Fsp3) is 0.400. The number of benzene rings is 1. The van der Waals surface area contributed by atoms with E-state index in [1.54, 1.807) is 24.3 Å². The molecule has 1 fully saturated rings. The molecule has 0 aromatic heterocycles. The Hall–Kier alpha value is -1.86. The van der Waals surface area contributed by atoms with Crippen LogP contribution in [0.15, 0.2) is 30.3 Å². The summed E-state index contributed by atoms with van der Waals surface area (Å²) in [5.74, 6) is -1.37. The highest BCUT2D eigenvalue weighted by Gasteiger charge is 2.34. The van der Waals surface area contributed by atoms with Gasteiger partial charge >= 0.3 is 5.97 Å². The Morgan fingerprint density at radius 3 is 2.55 bits per heavy atom. The van der Waals surface area contributed by atoms with Gasteiger partial charge in [0.1, 0.15) is 6.04 Å². The van der Waals surface area contributed by atoms with E-state index in [2.05, 4.69) is 0 Å². The number of carbonyl (C=O) groups excluding carboxylic acids is 2. The third kappa shape index (κ3) is 4.08. The molecule has 0 saturated carbocycles. The lowest BCUT2D eigenvalue weighted by molar-refractivity contribution is -0.152. The molecule has 1 aliphatic rings. The normalized spacial score (nSPS) is 19.0. The van der Waals surface area contributed by atoms with Crippen molar-refractivity contribution in [1.29, 1.82) is 0 Å². The zero-order valence-electron chi connectivity index (χ0n) is 12.3. The van der Waals surface area contributed by atoms with Crippen molar-refractivity contribution < 1.29 is 19.5 Å². The Morgan fingerprint density at radius 2 is 1.91 bits per heavy atom. The molecule has 1 aliphatic heterocycles. The first kappa shape index (κ1) is 16.5. The molecule has 22 heavy (non-hydrogen) atoms. The SMILES string of the molecule is CN1CCN(C(=O)CSC(=O)c2ccccc2)C(C(=O)O)C1. The Labute approximate surface area is 133 Å². The van der Waals surface area contributed by atoms with Crippen LogP contribution in [0.4, 0.5) is 0 Å². The van der Waals surface area contributed by atoms with Gasteiger partial charge in [-0.15, -0.1) is 0 Å². The summed E-state index contributed by atoms with van der Waals surface area (Å²) in [6.07, 6.45) is 0. The van der Waals surface area contributed by atoms with Crippen LogP contribution in [0.5, 0.6) is 0 Å². The van der Waals surface area contributed by atoms with Gasteiger partial charge in [0.2, 0.25) is 11.0 Å². The first-order valence-corrected chi connectivity index (χ1v) is 7.90. The second-order valence-corrected chi connectivity index (χ2v) is 6.09. The minimum atomic E-state index is -1.01. The van der Waals surface area contributed by atoms with Gasteiger partial charge in [0, 0.05) is 25.2 Å². The van der Waals surface area contributed by atoms with Crippen molar-refractivity contribution in [3.05, 3.63) is 35.9 Å². The Morgan fingerprint density at radius 1 is 1.23 bits per heavy atom. The average Bonchev–Trinajstić information content (AvgIpc) is 2.53. The summed E-state index contributed by atoms with van der Waals surface area (Å²) in [6.45, 7) is 1.30. The van der Waals surface area contributed by atoms with Crippen molar-refractivity contribution in [3.8, 4) is 0 Å². The summed E-state index contributed by atoms with van der Waals surface area (Å²) in [4.78, 5) is 38.7. The maximum absolute atomic E-state index is 12.2. The molecule has 1 saturated heterocycles. The number of hydrogen-bond donors (Lipinski definition) is 1. The molecular formula is C15H18N2O4S. The Bertz CT molecular complexity index is 564. The fourth-order valence-corrected chi connectivity index (χ4v) is 3.02. The zero-order chi connectivity index (χ0) is 16.1. The molecule has 1 amide bonds. The molecule has 1 heterocycles. The molecule has 6 nitrogen and oxygen atoms in total. The molecule has 1 aromatic rings. The summed E-state index contributed by atoms with van der Waals surface area (Å²) in [6, 6.07) is 7.87. The minimum absolute atomic E-state index is 0.0405. The minimum Gasteiger partial charge on any atom is -0.480 e. The highest BCUT2D eigenvalue weighted by Crippen LogP contribution is 2.15. The van der Waals surface area contributed by atoms with Crippen molar-refractivity contribution in [1.82, 2.24) is 9.80 Å². The van der Waals surface area contributed by atoms with Crippen LogP contribution < -0.4 is 0 Å². The van der Waals surface area contributed by atoms with Gasteiger partial charge in [0.15, 0.2) is 0 Å². The summed E-state index contributed by atoms with van der Waals surface area (Å²) in [5, 5.41) is 9.05. The highest BCUT2D eigenvalue weighted by molar-refractivity contribution is 8.14. The second kappa shape index (κ2) is 7.42. The fourth-order valence-electron chi connectivity index (χ4n) is 2.30. The number of nitrogens with zero attached hydrogens (tertiary/aromatic N) is 2. The van der Waals surface area contributed by atoms with Gasteiger partial charge in [-0.05, 0) is 7.05 Å². The number of thioether (sulfide) groups is 1. The zero-order valence-corrected chi connectivity index (χ0v) is 13.1. The molecule has 1 aromatic carbocycles. The van der Waals surface area contributed by atoms with Gasteiger partial charge in [0.05, 0.1) is 5.75 Å². The molecule has 1 unspecified atom stereocenters. The first-order chi connectivity index (χ1) is 10.5.